The molecular formula is C10H8BrF3INO3. The van der Waals surface area contributed by atoms with Crippen LogP contribution in [0.15, 0.2) is 6.20 Å². The molecule has 1 heterocycles. The maximum atomic E-state index is 12.2. The highest BCUT2D eigenvalue weighted by molar-refractivity contribution is 14.1. The second kappa shape index (κ2) is 6.73. The van der Waals surface area contributed by atoms with E-state index in [1.165, 1.54) is 0 Å². The third-order valence-electron chi connectivity index (χ3n) is 1.92. The first kappa shape index (κ1) is 16.5. The molecule has 0 bridgehead atoms. The minimum absolute atomic E-state index is 0.00248. The van der Waals surface area contributed by atoms with E-state index in [0.717, 1.165) is 6.20 Å². The van der Waals surface area contributed by atoms with Crippen LogP contribution in [0.1, 0.15) is 22.8 Å². The average molecular weight is 454 g/mol. The fourth-order valence-electron chi connectivity index (χ4n) is 1.25. The van der Waals surface area contributed by atoms with Crippen molar-refractivity contribution in [1.82, 2.24) is 4.98 Å². The molecule has 1 aromatic rings. The molecule has 1 aromatic heterocycles. The zero-order chi connectivity index (χ0) is 14.6. The molecule has 0 unspecified atom stereocenters. The largest absolute Gasteiger partial charge is 0.574 e. The number of rotatable bonds is 4. The third kappa shape index (κ3) is 4.48. The van der Waals surface area contributed by atoms with Crippen molar-refractivity contribution in [3.63, 3.8) is 0 Å². The number of aromatic nitrogens is 1. The first-order valence-corrected chi connectivity index (χ1v) is 7.16. The van der Waals surface area contributed by atoms with E-state index >= 15 is 0 Å². The highest BCUT2D eigenvalue weighted by Gasteiger charge is 2.34. The average Bonchev–Trinajstić information content (AvgIpc) is 2.29. The lowest BCUT2D eigenvalue weighted by Crippen LogP contribution is -2.20. The number of hydrogen-bond acceptors (Lipinski definition) is 4. The normalized spacial score (nSPS) is 11.3. The van der Waals surface area contributed by atoms with Crippen LogP contribution in [0.3, 0.4) is 0 Å². The minimum atomic E-state index is -4.87. The van der Waals surface area contributed by atoms with E-state index in [1.54, 1.807) is 29.5 Å². The number of carbonyl (C=O) groups excluding carboxylic acids is 1. The molecule has 19 heavy (non-hydrogen) atoms. The maximum Gasteiger partial charge on any atom is 0.574 e. The highest BCUT2D eigenvalue weighted by Crippen LogP contribution is 2.31. The molecule has 0 fully saturated rings. The summed E-state index contributed by atoms with van der Waals surface area (Å²) < 4.78 is 45.7. The van der Waals surface area contributed by atoms with Crippen molar-refractivity contribution in [2.45, 2.75) is 18.6 Å². The molecule has 0 spiro atoms. The summed E-state index contributed by atoms with van der Waals surface area (Å²) in [5.41, 5.74) is 0.0243. The van der Waals surface area contributed by atoms with Gasteiger partial charge >= 0.3 is 12.3 Å². The maximum absolute atomic E-state index is 12.2. The molecule has 1 rings (SSSR count). The van der Waals surface area contributed by atoms with Gasteiger partial charge in [-0.2, -0.15) is 0 Å². The zero-order valence-electron chi connectivity index (χ0n) is 9.55. The molecule has 0 radical (unpaired) electrons. The molecular weight excluding hydrogens is 446 g/mol. The Hall–Kier alpha value is -0.580. The van der Waals surface area contributed by atoms with Crippen LogP contribution in [0.5, 0.6) is 5.88 Å². The van der Waals surface area contributed by atoms with Crippen LogP contribution >= 0.6 is 38.5 Å². The molecule has 106 valence electrons. The molecule has 9 heteroatoms. The monoisotopic (exact) mass is 453 g/mol. The first-order chi connectivity index (χ1) is 8.80. The molecule has 0 aromatic carbocycles. The number of halogens is 5. The number of carbonyl (C=O) groups is 1. The van der Waals surface area contributed by atoms with Crippen LogP contribution < -0.4 is 4.74 Å². The standard InChI is InChI=1S/C10H8BrF3INO3/c1-2-18-9(17)7-5(3-11)8(16-4-6(7)15)19-10(12,13)14/h4H,2-3H2,1H3. The van der Waals surface area contributed by atoms with E-state index in [9.17, 15) is 18.0 Å². The molecule has 0 atom stereocenters. The van der Waals surface area contributed by atoms with E-state index in [4.69, 9.17) is 4.74 Å². The zero-order valence-corrected chi connectivity index (χ0v) is 13.3. The van der Waals surface area contributed by atoms with Gasteiger partial charge in [0.15, 0.2) is 0 Å². The fraction of sp³-hybridized carbons (Fsp3) is 0.400. The summed E-state index contributed by atoms with van der Waals surface area (Å²) in [7, 11) is 0. The van der Waals surface area contributed by atoms with Gasteiger partial charge in [-0.1, -0.05) is 15.9 Å². The van der Waals surface area contributed by atoms with Gasteiger partial charge in [0.25, 0.3) is 0 Å². The van der Waals surface area contributed by atoms with Crippen molar-refractivity contribution in [3.8, 4) is 5.88 Å². The molecule has 0 amide bonds. The van der Waals surface area contributed by atoms with E-state index in [2.05, 4.69) is 25.7 Å². The van der Waals surface area contributed by atoms with E-state index < -0.39 is 18.2 Å². The molecule has 0 saturated carbocycles. The molecule has 0 saturated heterocycles. The smallest absolute Gasteiger partial charge is 0.462 e. The van der Waals surface area contributed by atoms with E-state index in [0.29, 0.717) is 3.57 Å². The van der Waals surface area contributed by atoms with Gasteiger partial charge in [-0.25, -0.2) is 9.78 Å². The Labute approximate surface area is 128 Å². The van der Waals surface area contributed by atoms with Crippen molar-refractivity contribution in [2.24, 2.45) is 0 Å². The summed E-state index contributed by atoms with van der Waals surface area (Å²) in [6.45, 7) is 1.72. The van der Waals surface area contributed by atoms with Crippen molar-refractivity contribution in [3.05, 3.63) is 20.9 Å². The van der Waals surface area contributed by atoms with Crippen molar-refractivity contribution >= 4 is 44.5 Å². The predicted molar refractivity (Wildman–Crippen MR) is 72.2 cm³/mol. The van der Waals surface area contributed by atoms with Gasteiger partial charge in [0.05, 0.1) is 12.2 Å². The van der Waals surface area contributed by atoms with Gasteiger partial charge in [-0.05, 0) is 29.5 Å². The lowest BCUT2D eigenvalue weighted by molar-refractivity contribution is -0.276. The summed E-state index contributed by atoms with van der Waals surface area (Å²) in [6, 6.07) is 0. The second-order valence-corrected chi connectivity index (χ2v) is 4.89. The van der Waals surface area contributed by atoms with Crippen LogP contribution in [0.25, 0.3) is 0 Å². The first-order valence-electron chi connectivity index (χ1n) is 4.96. The van der Waals surface area contributed by atoms with Crippen LogP contribution in [0, 0.1) is 3.57 Å². The highest BCUT2D eigenvalue weighted by atomic mass is 127. The summed E-state index contributed by atoms with van der Waals surface area (Å²) in [5.74, 6) is -1.37. The number of pyridine rings is 1. The Kier molecular flexibility index (Phi) is 5.83. The van der Waals surface area contributed by atoms with Crippen molar-refractivity contribution in [1.29, 1.82) is 0 Å². The Balaban J connectivity index is 3.29. The predicted octanol–water partition coefficient (Wildman–Crippen LogP) is 3.66. The summed E-state index contributed by atoms with van der Waals surface area (Å²) in [6.07, 6.45) is -3.75. The Bertz CT molecular complexity index is 482. The molecule has 0 N–H and O–H groups in total. The van der Waals surface area contributed by atoms with Gasteiger partial charge in [0, 0.05) is 20.7 Å². The van der Waals surface area contributed by atoms with Gasteiger partial charge in [-0.15, -0.1) is 13.2 Å². The Morgan fingerprint density at radius 2 is 2.16 bits per heavy atom. The lowest BCUT2D eigenvalue weighted by Gasteiger charge is -2.14. The summed E-state index contributed by atoms with van der Waals surface area (Å²) >= 11 is 4.82. The fourth-order valence-corrected chi connectivity index (χ4v) is 2.46. The van der Waals surface area contributed by atoms with Crippen LogP contribution in [-0.4, -0.2) is 23.9 Å². The minimum Gasteiger partial charge on any atom is -0.462 e. The van der Waals surface area contributed by atoms with Crippen LogP contribution in [-0.2, 0) is 10.1 Å². The van der Waals surface area contributed by atoms with Gasteiger partial charge < -0.3 is 9.47 Å². The van der Waals surface area contributed by atoms with Crippen LogP contribution in [0.2, 0.25) is 0 Å². The molecule has 0 aliphatic rings. The van der Waals surface area contributed by atoms with Gasteiger partial charge in [-0.3, -0.25) is 0 Å². The summed E-state index contributed by atoms with van der Waals surface area (Å²) in [4.78, 5) is 15.3. The number of nitrogens with zero attached hydrogens (tertiary/aromatic N) is 1. The summed E-state index contributed by atoms with van der Waals surface area (Å²) in [5, 5.41) is -0.0175. The Morgan fingerprint density at radius 1 is 1.53 bits per heavy atom. The number of ether oxygens (including phenoxy) is 2. The topological polar surface area (TPSA) is 48.4 Å². The lowest BCUT2D eigenvalue weighted by atomic mass is 10.1. The van der Waals surface area contributed by atoms with Gasteiger partial charge in [0.1, 0.15) is 0 Å². The second-order valence-electron chi connectivity index (χ2n) is 3.17. The molecule has 0 aliphatic carbocycles. The third-order valence-corrected chi connectivity index (χ3v) is 3.30. The van der Waals surface area contributed by atoms with Crippen molar-refractivity contribution in [2.75, 3.05) is 6.61 Å². The van der Waals surface area contributed by atoms with E-state index in [1.807, 2.05) is 0 Å². The molecule has 0 aliphatic heterocycles. The molecule has 4 nitrogen and oxygen atoms in total. The van der Waals surface area contributed by atoms with Crippen LogP contribution in [0.4, 0.5) is 13.2 Å². The Morgan fingerprint density at radius 3 is 2.63 bits per heavy atom. The van der Waals surface area contributed by atoms with Gasteiger partial charge in [0.2, 0.25) is 5.88 Å². The van der Waals surface area contributed by atoms with E-state index in [-0.39, 0.29) is 23.1 Å². The number of alkyl halides is 4. The quantitative estimate of drug-likeness (QED) is 0.396. The SMILES string of the molecule is CCOC(=O)c1c(I)cnc(OC(F)(F)F)c1CBr. The number of esters is 1. The number of hydrogen-bond donors (Lipinski definition) is 0. The van der Waals surface area contributed by atoms with Crippen molar-refractivity contribution < 1.29 is 27.4 Å².